The first-order valence-electron chi connectivity index (χ1n) is 12.9. The fourth-order valence-electron chi connectivity index (χ4n) is 4.84. The predicted molar refractivity (Wildman–Crippen MR) is 172 cm³/mol. The smallest absolute Gasteiger partial charge is 0.296 e. The number of nitrogens with one attached hydrogen (secondary N) is 2. The van der Waals surface area contributed by atoms with E-state index >= 15 is 0 Å². The van der Waals surface area contributed by atoms with Gasteiger partial charge in [-0.3, -0.25) is 23.2 Å². The molecule has 23 heteroatoms. The van der Waals surface area contributed by atoms with E-state index in [9.17, 15) is 56.9 Å². The van der Waals surface area contributed by atoms with Gasteiger partial charge in [0.1, 0.15) is 19.7 Å². The van der Waals surface area contributed by atoms with Crippen LogP contribution in [0.3, 0.4) is 0 Å². The van der Waals surface area contributed by atoms with Crippen molar-refractivity contribution in [2.45, 2.75) is 26.8 Å². The van der Waals surface area contributed by atoms with Crippen LogP contribution < -0.4 is 16.4 Å². The number of benzene rings is 3. The van der Waals surface area contributed by atoms with Crippen molar-refractivity contribution >= 4 is 91.9 Å². The van der Waals surface area contributed by atoms with Gasteiger partial charge in [-0.05, 0) is 25.1 Å². The summed E-state index contributed by atoms with van der Waals surface area (Å²) < 4.78 is 129. The zero-order chi connectivity index (χ0) is 36.6. The largest absolute Gasteiger partial charge is 0.397 e. The molecule has 1 aliphatic carbocycles. The molecular formula is C26H20ClN5O13S4. The number of aryl methyl sites for hydroxylation is 1. The Kier molecular flexibility index (Phi) is 8.61. The van der Waals surface area contributed by atoms with Crippen LogP contribution in [0.25, 0.3) is 0 Å². The summed E-state index contributed by atoms with van der Waals surface area (Å²) in [5.74, 6) is -2.43. The highest BCUT2D eigenvalue weighted by Crippen LogP contribution is 2.42. The average molecular weight is 774 g/mol. The number of nitrogens with two attached hydrogens (primary N) is 1. The second kappa shape index (κ2) is 11.8. The van der Waals surface area contributed by atoms with E-state index in [0.29, 0.717) is 12.1 Å². The summed E-state index contributed by atoms with van der Waals surface area (Å²) in [5, 5.41) is 3.61. The molecule has 1 heterocycles. The topological polar surface area (TPSA) is 307 Å². The Balaban J connectivity index is 1.83. The molecule has 0 saturated heterocycles. The summed E-state index contributed by atoms with van der Waals surface area (Å²) in [6, 6.07) is 6.80. The van der Waals surface area contributed by atoms with Crippen LogP contribution in [0.1, 0.15) is 37.5 Å². The van der Waals surface area contributed by atoms with Crippen LogP contribution in [-0.2, 0) is 40.2 Å². The summed E-state index contributed by atoms with van der Waals surface area (Å²) in [5.41, 5.74) is 1.11. The number of anilines is 5. The summed E-state index contributed by atoms with van der Waals surface area (Å²) in [6.45, 7) is 1.27. The van der Waals surface area contributed by atoms with Gasteiger partial charge >= 0.3 is 0 Å². The molecule has 0 amide bonds. The first-order chi connectivity index (χ1) is 22.4. The van der Waals surface area contributed by atoms with Crippen molar-refractivity contribution in [3.05, 3.63) is 75.4 Å². The van der Waals surface area contributed by atoms with Crippen molar-refractivity contribution in [2.24, 2.45) is 0 Å². The SMILES string of the molecule is Cc1nc(S(C)(=O)=O)nc(Nc2cc(Nc3cc(S(=O)(=O)O)c(N)c4c3C(=O)c3ccccc3C4=O)c(S(=O)(=O)O)cc2S(=O)(=O)O)c1Cl. The van der Waals surface area contributed by atoms with Crippen LogP contribution >= 0.6 is 11.6 Å². The van der Waals surface area contributed by atoms with E-state index in [1.54, 1.807) is 0 Å². The molecule has 0 bridgehead atoms. The van der Waals surface area contributed by atoms with E-state index in [-0.39, 0.29) is 27.9 Å². The zero-order valence-corrected chi connectivity index (χ0v) is 28.5. The number of nitrogens with zero attached hydrogens (tertiary/aromatic N) is 2. The third kappa shape index (κ3) is 6.59. The highest BCUT2D eigenvalue weighted by Gasteiger charge is 2.37. The molecule has 0 unspecified atom stereocenters. The van der Waals surface area contributed by atoms with Gasteiger partial charge in [0.15, 0.2) is 17.4 Å². The van der Waals surface area contributed by atoms with Crippen molar-refractivity contribution in [1.29, 1.82) is 0 Å². The van der Waals surface area contributed by atoms with Gasteiger partial charge < -0.3 is 16.4 Å². The molecule has 3 aromatic carbocycles. The van der Waals surface area contributed by atoms with Gasteiger partial charge in [-0.25, -0.2) is 13.4 Å². The van der Waals surface area contributed by atoms with Gasteiger partial charge in [-0.15, -0.1) is 0 Å². The molecule has 0 radical (unpaired) electrons. The van der Waals surface area contributed by atoms with Crippen LogP contribution in [0.4, 0.5) is 28.6 Å². The molecule has 18 nitrogen and oxygen atoms in total. The lowest BCUT2D eigenvalue weighted by Gasteiger charge is -2.24. The van der Waals surface area contributed by atoms with E-state index in [4.69, 9.17) is 17.3 Å². The predicted octanol–water partition coefficient (Wildman–Crippen LogP) is 2.43. The molecule has 258 valence electrons. The van der Waals surface area contributed by atoms with Gasteiger partial charge in [-0.2, -0.15) is 30.2 Å². The quantitative estimate of drug-likeness (QED) is 0.0749. The van der Waals surface area contributed by atoms with E-state index in [2.05, 4.69) is 20.6 Å². The third-order valence-corrected chi connectivity index (χ3v) is 10.9. The Morgan fingerprint density at radius 1 is 0.694 bits per heavy atom. The number of carbonyl (C=O) groups excluding carboxylic acids is 2. The zero-order valence-electron chi connectivity index (χ0n) is 24.4. The van der Waals surface area contributed by atoms with Crippen LogP contribution in [0.2, 0.25) is 5.02 Å². The van der Waals surface area contributed by atoms with E-state index in [0.717, 1.165) is 6.26 Å². The molecule has 49 heavy (non-hydrogen) atoms. The van der Waals surface area contributed by atoms with Crippen LogP contribution in [-0.4, -0.2) is 75.1 Å². The Hall–Kier alpha value is -4.55. The minimum atomic E-state index is -5.45. The maximum Gasteiger partial charge on any atom is 0.296 e. The molecule has 0 spiro atoms. The summed E-state index contributed by atoms with van der Waals surface area (Å²) in [6.07, 6.45) is 0.755. The maximum absolute atomic E-state index is 13.7. The summed E-state index contributed by atoms with van der Waals surface area (Å²) >= 11 is 6.22. The lowest BCUT2D eigenvalue weighted by atomic mass is 9.82. The molecule has 0 fully saturated rings. The Labute approximate surface area is 282 Å². The number of hydrogen-bond acceptors (Lipinski definition) is 15. The molecule has 0 aliphatic heterocycles. The number of ketones is 2. The minimum absolute atomic E-state index is 0.115. The number of aromatic nitrogens is 2. The summed E-state index contributed by atoms with van der Waals surface area (Å²) in [4.78, 5) is 31.1. The Morgan fingerprint density at radius 2 is 1.18 bits per heavy atom. The van der Waals surface area contributed by atoms with E-state index in [1.165, 1.54) is 31.2 Å². The number of sulfone groups is 1. The summed E-state index contributed by atoms with van der Waals surface area (Å²) in [7, 11) is -20.1. The fourth-order valence-corrected chi connectivity index (χ4v) is 7.57. The highest BCUT2D eigenvalue weighted by molar-refractivity contribution is 7.90. The molecule has 4 aromatic rings. The number of fused-ring (bicyclic) bond motifs is 2. The number of hydrogen-bond donors (Lipinski definition) is 6. The fraction of sp³-hybridized carbons (Fsp3) is 0.0769. The molecule has 1 aliphatic rings. The first-order valence-corrected chi connectivity index (χ1v) is 19.5. The van der Waals surface area contributed by atoms with Crippen molar-refractivity contribution in [3.63, 3.8) is 0 Å². The van der Waals surface area contributed by atoms with Crippen LogP contribution in [0, 0.1) is 6.92 Å². The van der Waals surface area contributed by atoms with E-state index in [1.807, 2.05) is 0 Å². The molecule has 0 atom stereocenters. The lowest BCUT2D eigenvalue weighted by Crippen LogP contribution is -2.25. The van der Waals surface area contributed by atoms with E-state index < -0.39 is 111 Å². The molecular weight excluding hydrogens is 754 g/mol. The first kappa shape index (κ1) is 35.7. The van der Waals surface area contributed by atoms with Gasteiger partial charge in [0.2, 0.25) is 15.0 Å². The van der Waals surface area contributed by atoms with Gasteiger partial charge in [-0.1, -0.05) is 35.9 Å². The number of carbonyl (C=O) groups is 2. The maximum atomic E-state index is 13.7. The monoisotopic (exact) mass is 773 g/mol. The standard InChI is InChI=1S/C26H20ClN5O13S4/c1-10-21(27)25(32-26(29-10)46(2,35)36)31-14-7-13(16(47(37,38)39)9-17(14)48(40,41)42)30-15-8-18(49(43,44)45)22(28)20-19(15)23(33)11-5-3-4-6-12(11)24(20)34/h3-9,30H,28H2,1-2H3,(H,29,31,32)(H,37,38,39)(H,40,41,42)(H,43,44,45). The molecule has 1 aromatic heterocycles. The lowest BCUT2D eigenvalue weighted by molar-refractivity contribution is 0.0980. The van der Waals surface area contributed by atoms with Gasteiger partial charge in [0.05, 0.1) is 39.6 Å². The number of nitrogen functional groups attached to an aromatic ring is 1. The normalized spacial score (nSPS) is 13.5. The van der Waals surface area contributed by atoms with Crippen molar-refractivity contribution in [3.8, 4) is 0 Å². The molecule has 5 rings (SSSR count). The van der Waals surface area contributed by atoms with Crippen molar-refractivity contribution < 1.29 is 56.9 Å². The van der Waals surface area contributed by atoms with Gasteiger partial charge in [0, 0.05) is 17.4 Å². The average Bonchev–Trinajstić information content (AvgIpc) is 2.96. The van der Waals surface area contributed by atoms with Crippen molar-refractivity contribution in [2.75, 3.05) is 22.6 Å². The molecule has 0 saturated carbocycles. The number of halogens is 1. The Bertz CT molecular complexity index is 2630. The van der Waals surface area contributed by atoms with Crippen LogP contribution in [0.5, 0.6) is 0 Å². The van der Waals surface area contributed by atoms with Crippen molar-refractivity contribution in [1.82, 2.24) is 9.97 Å². The highest BCUT2D eigenvalue weighted by atomic mass is 35.5. The minimum Gasteiger partial charge on any atom is -0.397 e. The third-order valence-electron chi connectivity index (χ3n) is 6.97. The van der Waals surface area contributed by atoms with Gasteiger partial charge in [0.25, 0.3) is 30.4 Å². The second-order valence-corrected chi connectivity index (χ2v) is 16.8. The molecule has 7 N–H and O–H groups in total. The Morgan fingerprint density at radius 3 is 1.67 bits per heavy atom. The number of rotatable bonds is 8. The second-order valence-electron chi connectivity index (χ2n) is 10.3. The van der Waals surface area contributed by atoms with Crippen LogP contribution in [0.15, 0.2) is 62.3 Å².